The number of rotatable bonds is 2. The topological polar surface area (TPSA) is 53.1 Å². The van der Waals surface area contributed by atoms with Gasteiger partial charge in [-0.15, -0.1) is 0 Å². The first-order valence-corrected chi connectivity index (χ1v) is 8.97. The molecule has 2 N–H and O–H groups in total. The Morgan fingerprint density at radius 2 is 1.88 bits per heavy atom. The van der Waals surface area contributed by atoms with Crippen LogP contribution < -0.4 is 10.9 Å². The van der Waals surface area contributed by atoms with Crippen molar-refractivity contribution in [3.8, 4) is 5.69 Å². The van der Waals surface area contributed by atoms with Gasteiger partial charge in [0.2, 0.25) is 0 Å². The number of aromatic amines is 1. The van der Waals surface area contributed by atoms with Crippen molar-refractivity contribution in [2.24, 2.45) is 0 Å². The molecule has 2 heterocycles. The second-order valence-electron chi connectivity index (χ2n) is 6.78. The lowest BCUT2D eigenvalue weighted by atomic mass is 10.1. The van der Waals surface area contributed by atoms with Crippen molar-refractivity contribution >= 4 is 18.0 Å². The van der Waals surface area contributed by atoms with Crippen molar-refractivity contribution in [1.29, 1.82) is 0 Å². The number of nitrogens with one attached hydrogen (secondary N) is 2. The van der Waals surface area contributed by atoms with E-state index < -0.39 is 0 Å². The highest BCUT2D eigenvalue weighted by Gasteiger charge is 2.28. The van der Waals surface area contributed by atoms with Crippen molar-refractivity contribution in [2.45, 2.75) is 45.2 Å². The van der Waals surface area contributed by atoms with Crippen LogP contribution in [-0.2, 0) is 6.54 Å². The largest absolute Gasteiger partial charge is 0.358 e. The van der Waals surface area contributed by atoms with Crippen molar-refractivity contribution in [2.75, 3.05) is 12.0 Å². The smallest absolute Gasteiger partial charge is 0.258 e. The third kappa shape index (κ3) is 2.70. The number of aromatic nitrogens is 2. The lowest BCUT2D eigenvalue weighted by molar-refractivity contribution is 0.195. The molecule has 0 radical (unpaired) electrons. The second-order valence-corrected chi connectivity index (χ2v) is 7.16. The summed E-state index contributed by atoms with van der Waals surface area (Å²) in [6.45, 7) is 3.51. The van der Waals surface area contributed by atoms with Crippen LogP contribution in [0, 0.1) is 11.7 Å². The van der Waals surface area contributed by atoms with Crippen LogP contribution in [0.3, 0.4) is 0 Å². The maximum Gasteiger partial charge on any atom is 0.258 e. The molecule has 1 aliphatic carbocycles. The molecular formula is C18H22N4OS. The van der Waals surface area contributed by atoms with Crippen molar-refractivity contribution in [3.63, 3.8) is 0 Å². The summed E-state index contributed by atoms with van der Waals surface area (Å²) >= 11 is 5.43. The van der Waals surface area contributed by atoms with Crippen LogP contribution in [-0.4, -0.2) is 27.2 Å². The first-order valence-electron chi connectivity index (χ1n) is 8.56. The molecule has 0 atom stereocenters. The predicted molar refractivity (Wildman–Crippen MR) is 98.2 cm³/mol. The summed E-state index contributed by atoms with van der Waals surface area (Å²) in [5.41, 5.74) is 2.87. The van der Waals surface area contributed by atoms with Crippen LogP contribution in [0.25, 0.3) is 5.69 Å². The quantitative estimate of drug-likeness (QED) is 0.822. The minimum Gasteiger partial charge on any atom is -0.358 e. The summed E-state index contributed by atoms with van der Waals surface area (Å²) in [6.07, 6.45) is 5.04. The first kappa shape index (κ1) is 15.6. The van der Waals surface area contributed by atoms with Crippen LogP contribution >= 0.6 is 12.2 Å². The van der Waals surface area contributed by atoms with E-state index in [0.29, 0.717) is 17.4 Å². The van der Waals surface area contributed by atoms with E-state index in [1.165, 1.54) is 31.2 Å². The molecule has 0 spiro atoms. The predicted octanol–water partition coefficient (Wildman–Crippen LogP) is 3.33. The van der Waals surface area contributed by atoms with Crippen molar-refractivity contribution in [3.05, 3.63) is 50.5 Å². The number of fused-ring (bicyclic) bond motifs is 1. The van der Waals surface area contributed by atoms with Gasteiger partial charge in [0.1, 0.15) is 5.82 Å². The van der Waals surface area contributed by atoms with E-state index in [1.54, 1.807) is 0 Å². The van der Waals surface area contributed by atoms with E-state index >= 15 is 0 Å². The van der Waals surface area contributed by atoms with Crippen LogP contribution in [0.1, 0.15) is 36.8 Å². The van der Waals surface area contributed by atoms with E-state index in [4.69, 9.17) is 12.2 Å². The number of hydrogen-bond donors (Lipinski definition) is 2. The van der Waals surface area contributed by atoms with E-state index in [1.807, 2.05) is 16.7 Å². The van der Waals surface area contributed by atoms with Gasteiger partial charge in [-0.2, -0.15) is 0 Å². The Morgan fingerprint density at radius 1 is 1.17 bits per heavy atom. The van der Waals surface area contributed by atoms with E-state index in [2.05, 4.69) is 34.3 Å². The van der Waals surface area contributed by atoms with Gasteiger partial charge in [-0.3, -0.25) is 19.2 Å². The third-order valence-electron chi connectivity index (χ3n) is 5.15. The van der Waals surface area contributed by atoms with Crippen LogP contribution in [0.5, 0.6) is 0 Å². The SMILES string of the molecule is Cc1ccc(-n2c3c(c(=O)[nH]c2=S)CN(C2CCCC2)CN3)cc1. The fraction of sp³-hybridized carbons (Fsp3) is 0.444. The van der Waals surface area contributed by atoms with Gasteiger partial charge >= 0.3 is 0 Å². The normalized spacial score (nSPS) is 18.4. The Labute approximate surface area is 146 Å². The lowest BCUT2D eigenvalue weighted by Gasteiger charge is -2.35. The zero-order valence-electron chi connectivity index (χ0n) is 13.8. The zero-order valence-corrected chi connectivity index (χ0v) is 14.7. The molecule has 6 heteroatoms. The van der Waals surface area contributed by atoms with Crippen molar-refractivity contribution < 1.29 is 0 Å². The molecule has 0 bridgehead atoms. The first-order chi connectivity index (χ1) is 11.6. The molecule has 2 aliphatic rings. The molecule has 4 rings (SSSR count). The summed E-state index contributed by atoms with van der Waals surface area (Å²) in [5, 5.41) is 3.46. The Kier molecular flexibility index (Phi) is 4.02. The molecule has 1 aromatic heterocycles. The summed E-state index contributed by atoms with van der Waals surface area (Å²) in [5.74, 6) is 0.835. The molecule has 1 aromatic carbocycles. The molecule has 1 fully saturated rings. The third-order valence-corrected chi connectivity index (χ3v) is 5.44. The van der Waals surface area contributed by atoms with Crippen LogP contribution in [0.4, 0.5) is 5.82 Å². The molecule has 0 saturated heterocycles. The Balaban J connectivity index is 1.78. The molecule has 24 heavy (non-hydrogen) atoms. The maximum absolute atomic E-state index is 12.5. The highest BCUT2D eigenvalue weighted by atomic mass is 32.1. The van der Waals surface area contributed by atoms with Gasteiger partial charge in [0.25, 0.3) is 5.56 Å². The standard InChI is InChI=1S/C18H22N4OS/c1-12-6-8-14(9-7-12)22-16-15(17(23)20-18(22)24)10-21(11-19-16)13-4-2-3-5-13/h6-9,13,19H,2-5,10-11H2,1H3,(H,20,23,24). The number of hydrogen-bond acceptors (Lipinski definition) is 4. The van der Waals surface area contributed by atoms with Gasteiger partial charge in [-0.05, 0) is 44.1 Å². The summed E-state index contributed by atoms with van der Waals surface area (Å²) in [6, 6.07) is 8.77. The minimum absolute atomic E-state index is 0.0754. The Morgan fingerprint density at radius 3 is 2.58 bits per heavy atom. The molecule has 0 amide bonds. The molecular weight excluding hydrogens is 320 g/mol. The fourth-order valence-electron chi connectivity index (χ4n) is 3.81. The Hall–Kier alpha value is -1.92. The molecule has 5 nitrogen and oxygen atoms in total. The highest BCUT2D eigenvalue weighted by Crippen LogP contribution is 2.29. The van der Waals surface area contributed by atoms with Gasteiger partial charge in [-0.1, -0.05) is 30.5 Å². The highest BCUT2D eigenvalue weighted by molar-refractivity contribution is 7.71. The molecule has 1 saturated carbocycles. The summed E-state index contributed by atoms with van der Waals surface area (Å²) in [7, 11) is 0. The summed E-state index contributed by atoms with van der Waals surface area (Å²) in [4.78, 5) is 17.7. The number of nitrogens with zero attached hydrogens (tertiary/aromatic N) is 2. The fourth-order valence-corrected chi connectivity index (χ4v) is 4.10. The molecule has 2 aromatic rings. The van der Waals surface area contributed by atoms with Gasteiger partial charge in [0, 0.05) is 18.3 Å². The molecule has 1 aliphatic heterocycles. The average molecular weight is 342 g/mol. The lowest BCUT2D eigenvalue weighted by Crippen LogP contribution is -2.43. The second kappa shape index (κ2) is 6.18. The number of aryl methyl sites for hydroxylation is 1. The Bertz CT molecular complexity index is 862. The minimum atomic E-state index is -0.0754. The van der Waals surface area contributed by atoms with E-state index in [9.17, 15) is 4.79 Å². The molecule has 0 unspecified atom stereocenters. The van der Waals surface area contributed by atoms with Crippen LogP contribution in [0.2, 0.25) is 0 Å². The number of H-pyrrole nitrogens is 1. The number of anilines is 1. The average Bonchev–Trinajstić information content (AvgIpc) is 3.11. The van der Waals surface area contributed by atoms with Crippen molar-refractivity contribution in [1.82, 2.24) is 14.5 Å². The zero-order chi connectivity index (χ0) is 16.7. The van der Waals surface area contributed by atoms with Gasteiger partial charge in [0.15, 0.2) is 4.77 Å². The van der Waals surface area contributed by atoms with Gasteiger partial charge < -0.3 is 5.32 Å². The van der Waals surface area contributed by atoms with E-state index in [0.717, 1.165) is 23.7 Å². The van der Waals surface area contributed by atoms with Gasteiger partial charge in [0.05, 0.1) is 12.2 Å². The molecule has 126 valence electrons. The summed E-state index contributed by atoms with van der Waals surface area (Å²) < 4.78 is 2.38. The van der Waals surface area contributed by atoms with Crippen LogP contribution in [0.15, 0.2) is 29.1 Å². The maximum atomic E-state index is 12.5. The van der Waals surface area contributed by atoms with E-state index in [-0.39, 0.29) is 5.56 Å². The van der Waals surface area contributed by atoms with Gasteiger partial charge in [-0.25, -0.2) is 0 Å². The monoisotopic (exact) mass is 342 g/mol. The number of benzene rings is 1.